The molecule has 32 heavy (non-hydrogen) atoms. The van der Waals surface area contributed by atoms with Crippen LogP contribution in [0.3, 0.4) is 0 Å². The maximum absolute atomic E-state index is 13.0. The Labute approximate surface area is 186 Å². The van der Waals surface area contributed by atoms with Gasteiger partial charge in [-0.3, -0.25) is 9.59 Å². The van der Waals surface area contributed by atoms with E-state index in [0.717, 1.165) is 12.1 Å². The molecule has 2 rings (SSSR count). The zero-order valence-electron chi connectivity index (χ0n) is 17.4. The van der Waals surface area contributed by atoms with Gasteiger partial charge in [-0.15, -0.1) is 11.8 Å². The van der Waals surface area contributed by atoms with E-state index in [2.05, 4.69) is 25.9 Å². The molecule has 0 aliphatic carbocycles. The second kappa shape index (κ2) is 10.9. The quantitative estimate of drug-likeness (QED) is 0.213. The van der Waals surface area contributed by atoms with Gasteiger partial charge in [-0.1, -0.05) is 6.07 Å². The summed E-state index contributed by atoms with van der Waals surface area (Å²) in [6, 6.07) is 3.38. The molecule has 9 nitrogen and oxygen atoms in total. The molecule has 1 atom stereocenters. The molecule has 13 heteroatoms. The number of nitrogen functional groups attached to an aromatic ring is 2. The highest BCUT2D eigenvalue weighted by Crippen LogP contribution is 2.31. The third-order valence-electron chi connectivity index (χ3n) is 4.25. The topological polar surface area (TPSA) is 148 Å². The van der Waals surface area contributed by atoms with Crippen LogP contribution in [-0.4, -0.2) is 40.6 Å². The van der Waals surface area contributed by atoms with E-state index in [4.69, 9.17) is 11.5 Å². The third-order valence-corrected chi connectivity index (χ3v) is 4.95. The Bertz CT molecular complexity index is 972. The van der Waals surface area contributed by atoms with Crippen molar-refractivity contribution in [3.05, 3.63) is 29.8 Å². The molecule has 2 aromatic rings. The minimum Gasteiger partial charge on any atom is -0.394 e. The second-order valence-electron chi connectivity index (χ2n) is 6.74. The van der Waals surface area contributed by atoms with Crippen molar-refractivity contribution in [1.29, 1.82) is 0 Å². The Balaban J connectivity index is 2.24. The van der Waals surface area contributed by atoms with Crippen molar-refractivity contribution in [3.8, 4) is 0 Å². The fourth-order valence-corrected chi connectivity index (χ4v) is 3.24. The van der Waals surface area contributed by atoms with E-state index >= 15 is 0 Å². The van der Waals surface area contributed by atoms with Crippen molar-refractivity contribution in [1.82, 2.24) is 15.3 Å². The lowest BCUT2D eigenvalue weighted by molar-refractivity contribution is -0.137. The number of nitrogens with one attached hydrogen (secondary N) is 3. The average Bonchev–Trinajstić information content (AvgIpc) is 2.71. The molecule has 174 valence electrons. The summed E-state index contributed by atoms with van der Waals surface area (Å²) < 4.78 is 38.9. The zero-order chi connectivity index (χ0) is 23.9. The number of carbonyl (C=O) groups is 2. The molecule has 0 bridgehead atoms. The molecule has 0 saturated heterocycles. The van der Waals surface area contributed by atoms with Crippen molar-refractivity contribution in [3.63, 3.8) is 0 Å². The van der Waals surface area contributed by atoms with E-state index in [1.54, 1.807) is 6.26 Å². The van der Waals surface area contributed by atoms with Gasteiger partial charge in [-0.2, -0.15) is 18.2 Å². The molecule has 0 unspecified atom stereocenters. The van der Waals surface area contributed by atoms with Gasteiger partial charge < -0.3 is 27.4 Å². The van der Waals surface area contributed by atoms with Crippen LogP contribution < -0.4 is 27.4 Å². The van der Waals surface area contributed by atoms with Crippen LogP contribution in [0.5, 0.6) is 0 Å². The average molecular weight is 472 g/mol. The lowest BCUT2D eigenvalue weighted by Crippen LogP contribution is -2.36. The molecule has 0 aliphatic heterocycles. The normalized spacial score (nSPS) is 12.2. The Hall–Kier alpha value is -3.22. The van der Waals surface area contributed by atoms with Crippen LogP contribution >= 0.6 is 11.8 Å². The number of amides is 2. The van der Waals surface area contributed by atoms with Gasteiger partial charge in [0.25, 0.3) is 0 Å². The highest BCUT2D eigenvalue weighted by molar-refractivity contribution is 7.98. The van der Waals surface area contributed by atoms with Gasteiger partial charge in [0.05, 0.1) is 5.56 Å². The highest BCUT2D eigenvalue weighted by Gasteiger charge is 2.31. The maximum atomic E-state index is 13.0. The van der Waals surface area contributed by atoms with Crippen LogP contribution in [0.15, 0.2) is 29.3 Å². The van der Waals surface area contributed by atoms with E-state index in [1.165, 1.54) is 30.8 Å². The van der Waals surface area contributed by atoms with Gasteiger partial charge in [0.2, 0.25) is 17.8 Å². The van der Waals surface area contributed by atoms with Gasteiger partial charge in [0.1, 0.15) is 16.8 Å². The van der Waals surface area contributed by atoms with Crippen molar-refractivity contribution in [2.75, 3.05) is 34.9 Å². The van der Waals surface area contributed by atoms with E-state index in [1.807, 2.05) is 0 Å². The first-order chi connectivity index (χ1) is 15.0. The molecular weight excluding hydrogens is 447 g/mol. The number of halogens is 3. The Morgan fingerprint density at radius 3 is 2.56 bits per heavy atom. The third kappa shape index (κ3) is 7.18. The number of hydrogen-bond donors (Lipinski definition) is 5. The van der Waals surface area contributed by atoms with Crippen molar-refractivity contribution in [2.45, 2.75) is 37.0 Å². The SMILES string of the molecule is CSc1nc(N)nc(N[C@@H](CCCNC(C)=O)C(=O)Nc2cccc(C(F)(F)F)c2)c1N. The molecule has 2 amide bonds. The number of benzene rings is 1. The lowest BCUT2D eigenvalue weighted by Gasteiger charge is -2.21. The smallest absolute Gasteiger partial charge is 0.394 e. The number of carbonyl (C=O) groups excluding carboxylic acids is 2. The zero-order valence-corrected chi connectivity index (χ0v) is 18.2. The second-order valence-corrected chi connectivity index (χ2v) is 7.54. The highest BCUT2D eigenvalue weighted by atomic mass is 32.2. The van der Waals surface area contributed by atoms with Gasteiger partial charge in [-0.05, 0) is 37.3 Å². The van der Waals surface area contributed by atoms with Gasteiger partial charge in [0, 0.05) is 19.2 Å². The number of nitrogens with two attached hydrogens (primary N) is 2. The predicted octanol–water partition coefficient (Wildman–Crippen LogP) is 2.72. The van der Waals surface area contributed by atoms with E-state index < -0.39 is 23.7 Å². The molecule has 0 aliphatic rings. The molecule has 1 aromatic carbocycles. The Kier molecular flexibility index (Phi) is 8.52. The number of nitrogens with zero attached hydrogens (tertiary/aromatic N) is 2. The van der Waals surface area contributed by atoms with Gasteiger partial charge >= 0.3 is 6.18 Å². The van der Waals surface area contributed by atoms with Crippen LogP contribution in [0.25, 0.3) is 0 Å². The minimum absolute atomic E-state index is 0.0153. The Morgan fingerprint density at radius 2 is 1.94 bits per heavy atom. The number of rotatable bonds is 9. The van der Waals surface area contributed by atoms with Gasteiger partial charge in [-0.25, -0.2) is 4.98 Å². The summed E-state index contributed by atoms with van der Waals surface area (Å²) in [5, 5.41) is 8.41. The predicted molar refractivity (Wildman–Crippen MR) is 118 cm³/mol. The van der Waals surface area contributed by atoms with Crippen molar-refractivity contribution >= 4 is 46.7 Å². The van der Waals surface area contributed by atoms with E-state index in [9.17, 15) is 22.8 Å². The number of hydrogen-bond acceptors (Lipinski definition) is 8. The number of anilines is 4. The summed E-state index contributed by atoms with van der Waals surface area (Å²) in [4.78, 5) is 32.0. The molecule has 0 saturated carbocycles. The fourth-order valence-electron chi connectivity index (χ4n) is 2.74. The lowest BCUT2D eigenvalue weighted by atomic mass is 10.1. The molecule has 1 aromatic heterocycles. The molecule has 1 heterocycles. The fraction of sp³-hybridized carbons (Fsp3) is 0.368. The van der Waals surface area contributed by atoms with Crippen LogP contribution in [-0.2, 0) is 15.8 Å². The molecule has 7 N–H and O–H groups in total. The number of aromatic nitrogens is 2. The summed E-state index contributed by atoms with van der Waals surface area (Å²) in [6.45, 7) is 1.67. The molecule has 0 radical (unpaired) electrons. The van der Waals surface area contributed by atoms with Crippen molar-refractivity contribution < 1.29 is 22.8 Å². The summed E-state index contributed by atoms with van der Waals surface area (Å²) in [6.07, 6.45) is -2.17. The minimum atomic E-state index is -4.54. The van der Waals surface area contributed by atoms with Crippen LogP contribution in [0.2, 0.25) is 0 Å². The first-order valence-corrected chi connectivity index (χ1v) is 10.7. The van der Waals surface area contributed by atoms with Crippen molar-refractivity contribution in [2.24, 2.45) is 0 Å². The van der Waals surface area contributed by atoms with E-state index in [0.29, 0.717) is 18.0 Å². The largest absolute Gasteiger partial charge is 0.416 e. The standard InChI is InChI=1S/C19H24F3N7O2S/c1-10(30)25-8-4-7-13(27-15-14(23)17(32-2)29-18(24)28-15)16(31)26-12-6-3-5-11(9-12)19(20,21)22/h3,5-6,9,13H,4,7-8,23H2,1-2H3,(H,25,30)(H,26,31)(H3,24,27,28,29)/t13-/m0/s1. The summed E-state index contributed by atoms with van der Waals surface area (Å²) in [5.41, 5.74) is 11.0. The molecule has 0 spiro atoms. The van der Waals surface area contributed by atoms with Crippen LogP contribution in [0.1, 0.15) is 25.3 Å². The number of alkyl halides is 3. The summed E-state index contributed by atoms with van der Waals surface area (Å²) in [5.74, 6) is -0.748. The summed E-state index contributed by atoms with van der Waals surface area (Å²) in [7, 11) is 0. The maximum Gasteiger partial charge on any atom is 0.416 e. The molecular formula is C19H24F3N7O2S. The van der Waals surface area contributed by atoms with Gasteiger partial charge in [0.15, 0.2) is 5.82 Å². The monoisotopic (exact) mass is 471 g/mol. The number of thioether (sulfide) groups is 1. The molecule has 0 fully saturated rings. The van der Waals surface area contributed by atoms with Crippen LogP contribution in [0.4, 0.5) is 36.3 Å². The Morgan fingerprint density at radius 1 is 1.22 bits per heavy atom. The van der Waals surface area contributed by atoms with E-state index in [-0.39, 0.29) is 35.5 Å². The first-order valence-electron chi connectivity index (χ1n) is 9.47. The van der Waals surface area contributed by atoms with Crippen LogP contribution in [0, 0.1) is 0 Å². The first kappa shape index (κ1) is 25.0. The summed E-state index contributed by atoms with van der Waals surface area (Å²) >= 11 is 1.24.